The lowest BCUT2D eigenvalue weighted by atomic mass is 9.87. The summed E-state index contributed by atoms with van der Waals surface area (Å²) in [4.78, 5) is 21.6. The number of halogens is 1. The Balaban J connectivity index is 1.77. The van der Waals surface area contributed by atoms with Crippen molar-refractivity contribution in [1.82, 2.24) is 4.90 Å². The van der Waals surface area contributed by atoms with E-state index in [4.69, 9.17) is 28.7 Å². The van der Waals surface area contributed by atoms with Crippen LogP contribution in [-0.4, -0.2) is 33.5 Å². The Labute approximate surface area is 179 Å². The topological polar surface area (TPSA) is 32.8 Å². The average Bonchev–Trinajstić information content (AvgIpc) is 3.32. The van der Waals surface area contributed by atoms with E-state index in [0.29, 0.717) is 15.9 Å². The third-order valence-electron chi connectivity index (χ3n) is 5.18. The molecule has 0 aromatic heterocycles. The predicted molar refractivity (Wildman–Crippen MR) is 119 cm³/mol. The molecule has 4 rings (SSSR count). The van der Waals surface area contributed by atoms with Crippen molar-refractivity contribution in [2.24, 2.45) is 5.92 Å². The molecule has 7 heteroatoms. The van der Waals surface area contributed by atoms with Crippen molar-refractivity contribution in [3.8, 4) is 0 Å². The highest BCUT2D eigenvalue weighted by Crippen LogP contribution is 2.45. The van der Waals surface area contributed by atoms with E-state index in [-0.39, 0.29) is 24.0 Å². The monoisotopic (exact) mass is 432 g/mol. The van der Waals surface area contributed by atoms with Gasteiger partial charge in [-0.15, -0.1) is 0 Å². The maximum absolute atomic E-state index is 13.5. The third-order valence-corrected chi connectivity index (χ3v) is 6.86. The van der Waals surface area contributed by atoms with Gasteiger partial charge in [0.05, 0.1) is 23.8 Å². The second-order valence-corrected chi connectivity index (χ2v) is 9.01. The van der Waals surface area contributed by atoms with E-state index in [1.54, 1.807) is 16.7 Å². The number of rotatable bonds is 4. The smallest absolute Gasteiger partial charge is 0.236 e. The highest BCUT2D eigenvalue weighted by Gasteiger charge is 2.50. The quantitative estimate of drug-likeness (QED) is 0.628. The molecule has 0 N–H and O–H groups in total. The van der Waals surface area contributed by atoms with E-state index in [9.17, 15) is 4.79 Å². The fourth-order valence-electron chi connectivity index (χ4n) is 3.82. The van der Waals surface area contributed by atoms with Crippen molar-refractivity contribution in [1.29, 1.82) is 0 Å². The molecule has 0 spiro atoms. The number of para-hydroxylation sites is 1. The van der Waals surface area contributed by atoms with Gasteiger partial charge in [0, 0.05) is 17.3 Å². The summed E-state index contributed by atoms with van der Waals surface area (Å²) >= 11 is 13.1. The molecule has 28 heavy (non-hydrogen) atoms. The largest absolute Gasteiger partial charge is 0.297 e. The summed E-state index contributed by atoms with van der Waals surface area (Å²) in [7, 11) is 0. The van der Waals surface area contributed by atoms with Gasteiger partial charge in [0.15, 0.2) is 0 Å². The number of anilines is 1. The fraction of sp³-hybridized carbons (Fsp3) is 0.333. The van der Waals surface area contributed by atoms with Gasteiger partial charge in [0.1, 0.15) is 4.32 Å². The number of amides is 1. The SMILES string of the molecule is CC[C@@H]1ON(c2ccccc2)[C@@H](c2ccc(Cl)cc2)[C@H]1C(=O)N1CCSC1=S. The second-order valence-electron chi connectivity index (χ2n) is 6.84. The van der Waals surface area contributed by atoms with Crippen LogP contribution in [0.1, 0.15) is 24.9 Å². The van der Waals surface area contributed by atoms with Crippen molar-refractivity contribution in [3.63, 3.8) is 0 Å². The molecule has 0 radical (unpaired) electrons. The van der Waals surface area contributed by atoms with E-state index < -0.39 is 0 Å². The van der Waals surface area contributed by atoms with Gasteiger partial charge in [-0.2, -0.15) is 0 Å². The highest BCUT2D eigenvalue weighted by atomic mass is 35.5. The number of thiocarbonyl (C=S) groups is 1. The van der Waals surface area contributed by atoms with Gasteiger partial charge in [-0.05, 0) is 36.2 Å². The molecule has 0 saturated carbocycles. The Kier molecular flexibility index (Phi) is 5.92. The normalized spacial score (nSPS) is 24.8. The van der Waals surface area contributed by atoms with Crippen LogP contribution in [-0.2, 0) is 9.63 Å². The van der Waals surface area contributed by atoms with Crippen LogP contribution in [0.25, 0.3) is 0 Å². The predicted octanol–water partition coefficient (Wildman–Crippen LogP) is 5.09. The molecule has 4 nitrogen and oxygen atoms in total. The summed E-state index contributed by atoms with van der Waals surface area (Å²) < 4.78 is 0.660. The van der Waals surface area contributed by atoms with Gasteiger partial charge >= 0.3 is 0 Å². The number of hydrogen-bond acceptors (Lipinski definition) is 5. The number of nitrogens with zero attached hydrogens (tertiary/aromatic N) is 2. The Hall–Kier alpha value is -1.60. The Morgan fingerprint density at radius 2 is 1.93 bits per heavy atom. The van der Waals surface area contributed by atoms with Crippen molar-refractivity contribution < 1.29 is 9.63 Å². The average molecular weight is 433 g/mol. The van der Waals surface area contributed by atoms with Crippen LogP contribution in [0.15, 0.2) is 54.6 Å². The van der Waals surface area contributed by atoms with E-state index in [2.05, 4.69) is 6.92 Å². The molecular formula is C21H21ClN2O2S2. The minimum atomic E-state index is -0.344. The van der Waals surface area contributed by atoms with E-state index in [1.165, 1.54) is 0 Å². The van der Waals surface area contributed by atoms with Crippen molar-refractivity contribution in [3.05, 3.63) is 65.2 Å². The summed E-state index contributed by atoms with van der Waals surface area (Å²) in [6.45, 7) is 2.71. The standard InChI is InChI=1S/C21H21ClN2O2S2/c1-2-17-18(20(25)23-12-13-28-21(23)27)19(14-8-10-15(22)11-9-14)24(26-17)16-6-4-3-5-7-16/h3-11,17-19H,2,12-13H2,1H3/t17-,18-,19-/m0/s1. The zero-order valence-corrected chi connectivity index (χ0v) is 17.8. The van der Waals surface area contributed by atoms with Crippen LogP contribution in [0.5, 0.6) is 0 Å². The van der Waals surface area contributed by atoms with Gasteiger partial charge in [-0.3, -0.25) is 14.5 Å². The molecule has 2 aliphatic rings. The summed E-state index contributed by atoms with van der Waals surface area (Å²) in [6, 6.07) is 17.3. The fourth-order valence-corrected chi connectivity index (χ4v) is 5.16. The molecule has 2 saturated heterocycles. The number of hydroxylamine groups is 1. The molecule has 3 atom stereocenters. The lowest BCUT2D eigenvalue weighted by molar-refractivity contribution is -0.133. The molecule has 0 bridgehead atoms. The van der Waals surface area contributed by atoms with Crippen LogP contribution < -0.4 is 5.06 Å². The van der Waals surface area contributed by atoms with Crippen LogP contribution in [0.2, 0.25) is 5.02 Å². The molecular weight excluding hydrogens is 412 g/mol. The molecule has 2 aromatic carbocycles. The first-order valence-electron chi connectivity index (χ1n) is 9.34. The van der Waals surface area contributed by atoms with Gasteiger partial charge in [0.25, 0.3) is 0 Å². The maximum atomic E-state index is 13.5. The maximum Gasteiger partial charge on any atom is 0.236 e. The van der Waals surface area contributed by atoms with Crippen LogP contribution in [0.3, 0.4) is 0 Å². The number of carbonyl (C=O) groups excluding carboxylic acids is 1. The summed E-state index contributed by atoms with van der Waals surface area (Å²) in [5.41, 5.74) is 1.93. The van der Waals surface area contributed by atoms with Crippen LogP contribution in [0.4, 0.5) is 5.69 Å². The summed E-state index contributed by atoms with van der Waals surface area (Å²) in [6.07, 6.45) is 0.513. The Bertz CT molecular complexity index is 862. The molecule has 1 amide bonds. The molecule has 2 fully saturated rings. The van der Waals surface area contributed by atoms with Gasteiger partial charge in [0.2, 0.25) is 5.91 Å². The third kappa shape index (κ3) is 3.66. The Morgan fingerprint density at radius 1 is 1.21 bits per heavy atom. The first kappa shape index (κ1) is 19.7. The van der Waals surface area contributed by atoms with Crippen molar-refractivity contribution in [2.45, 2.75) is 25.5 Å². The highest BCUT2D eigenvalue weighted by molar-refractivity contribution is 8.23. The van der Waals surface area contributed by atoms with Gasteiger partial charge < -0.3 is 0 Å². The number of carbonyl (C=O) groups is 1. The summed E-state index contributed by atoms with van der Waals surface area (Å²) in [5.74, 6) is 0.548. The first-order valence-corrected chi connectivity index (χ1v) is 11.1. The van der Waals surface area contributed by atoms with E-state index in [0.717, 1.165) is 23.4 Å². The lowest BCUT2D eigenvalue weighted by Crippen LogP contribution is -2.41. The molecule has 2 aliphatic heterocycles. The van der Waals surface area contributed by atoms with E-state index in [1.807, 2.05) is 59.7 Å². The van der Waals surface area contributed by atoms with Crippen molar-refractivity contribution in [2.75, 3.05) is 17.4 Å². The molecule has 2 heterocycles. The Morgan fingerprint density at radius 3 is 2.54 bits per heavy atom. The van der Waals surface area contributed by atoms with Crippen LogP contribution in [0, 0.1) is 5.92 Å². The van der Waals surface area contributed by atoms with E-state index >= 15 is 0 Å². The number of hydrogen-bond donors (Lipinski definition) is 0. The second kappa shape index (κ2) is 8.41. The number of benzene rings is 2. The first-order chi connectivity index (χ1) is 13.6. The van der Waals surface area contributed by atoms with Crippen molar-refractivity contribution >= 4 is 51.5 Å². The minimum absolute atomic E-state index is 0.0419. The van der Waals surface area contributed by atoms with Gasteiger partial charge in [-0.25, -0.2) is 5.06 Å². The lowest BCUT2D eigenvalue weighted by Gasteiger charge is -2.29. The zero-order valence-electron chi connectivity index (χ0n) is 15.5. The number of thioether (sulfide) groups is 1. The zero-order chi connectivity index (χ0) is 19.7. The minimum Gasteiger partial charge on any atom is -0.297 e. The van der Waals surface area contributed by atoms with Crippen LogP contribution >= 0.6 is 35.6 Å². The molecule has 0 aliphatic carbocycles. The molecule has 0 unspecified atom stereocenters. The molecule has 2 aromatic rings. The molecule has 146 valence electrons. The van der Waals surface area contributed by atoms with Gasteiger partial charge in [-0.1, -0.05) is 72.8 Å². The summed E-state index contributed by atoms with van der Waals surface area (Å²) in [5, 5.41) is 2.55.